The number of hydrogen-bond acceptors (Lipinski definition) is 2. The van der Waals surface area contributed by atoms with E-state index in [1.807, 2.05) is 0 Å². The van der Waals surface area contributed by atoms with Crippen molar-refractivity contribution in [2.45, 2.75) is 0 Å². The van der Waals surface area contributed by atoms with E-state index >= 15 is 0 Å². The second-order valence-corrected chi connectivity index (χ2v) is 2.48. The number of methoxy groups -OCH3 is 1. The van der Waals surface area contributed by atoms with Crippen LogP contribution in [0.25, 0.3) is 6.08 Å². The minimum absolute atomic E-state index is 0.129. The molecule has 12 heavy (non-hydrogen) atoms. The summed E-state index contributed by atoms with van der Waals surface area (Å²) < 4.78 is 4.90. The van der Waals surface area contributed by atoms with Gasteiger partial charge in [-0.25, -0.2) is 0 Å². The highest BCUT2D eigenvalue weighted by atomic mass is 35.5. The Morgan fingerprint density at radius 1 is 1.50 bits per heavy atom. The van der Waals surface area contributed by atoms with Gasteiger partial charge in [0.05, 0.1) is 7.11 Å². The van der Waals surface area contributed by atoms with Crippen LogP contribution in [-0.4, -0.2) is 12.2 Å². The molecule has 0 radical (unpaired) electrons. The van der Waals surface area contributed by atoms with E-state index in [0.717, 1.165) is 5.56 Å². The predicted molar refractivity (Wildman–Crippen MR) is 49.5 cm³/mol. The first-order chi connectivity index (χ1) is 5.77. The lowest BCUT2D eigenvalue weighted by Gasteiger charge is -2.02. The average Bonchev–Trinajstić information content (AvgIpc) is 2.09. The second kappa shape index (κ2) is 4.02. The summed E-state index contributed by atoms with van der Waals surface area (Å²) >= 11 is 5.39. The largest absolute Gasteiger partial charge is 0.504 e. The van der Waals surface area contributed by atoms with E-state index in [1.54, 1.807) is 24.3 Å². The first-order valence-corrected chi connectivity index (χ1v) is 3.85. The highest BCUT2D eigenvalue weighted by Gasteiger charge is 1.99. The Balaban J connectivity index is 3.05. The summed E-state index contributed by atoms with van der Waals surface area (Å²) in [6, 6.07) is 5.01. The molecule has 0 heterocycles. The number of phenols is 1. The van der Waals surface area contributed by atoms with Crippen molar-refractivity contribution in [3.63, 3.8) is 0 Å². The van der Waals surface area contributed by atoms with Crippen LogP contribution in [0.15, 0.2) is 23.7 Å². The quantitative estimate of drug-likeness (QED) is 0.766. The maximum absolute atomic E-state index is 9.22. The number of ether oxygens (including phenoxy) is 1. The topological polar surface area (TPSA) is 29.5 Å². The van der Waals surface area contributed by atoms with Gasteiger partial charge < -0.3 is 9.84 Å². The Hall–Kier alpha value is -1.15. The number of halogens is 1. The maximum atomic E-state index is 9.22. The van der Waals surface area contributed by atoms with Crippen LogP contribution in [0.3, 0.4) is 0 Å². The second-order valence-electron chi connectivity index (χ2n) is 2.22. The first kappa shape index (κ1) is 8.94. The zero-order chi connectivity index (χ0) is 8.97. The number of hydrogen-bond donors (Lipinski definition) is 1. The van der Waals surface area contributed by atoms with Gasteiger partial charge in [-0.3, -0.25) is 0 Å². The zero-order valence-electron chi connectivity index (χ0n) is 6.62. The van der Waals surface area contributed by atoms with Gasteiger partial charge in [-0.1, -0.05) is 17.7 Å². The molecule has 1 aromatic carbocycles. The molecule has 0 bridgehead atoms. The SMILES string of the molecule is COc1cc(C=CCl)ccc1O. The summed E-state index contributed by atoms with van der Waals surface area (Å²) in [6.45, 7) is 0. The van der Waals surface area contributed by atoms with E-state index in [-0.39, 0.29) is 5.75 Å². The Bertz CT molecular complexity index is 295. The average molecular weight is 185 g/mol. The Morgan fingerprint density at radius 3 is 2.83 bits per heavy atom. The molecule has 1 rings (SSSR count). The smallest absolute Gasteiger partial charge is 0.161 e. The van der Waals surface area contributed by atoms with Gasteiger partial charge in [0.2, 0.25) is 0 Å². The molecule has 0 aliphatic rings. The lowest BCUT2D eigenvalue weighted by atomic mass is 10.2. The molecule has 0 saturated heterocycles. The number of phenolic OH excluding ortho intramolecular Hbond substituents is 1. The van der Waals surface area contributed by atoms with E-state index < -0.39 is 0 Å². The monoisotopic (exact) mass is 184 g/mol. The minimum Gasteiger partial charge on any atom is -0.504 e. The maximum Gasteiger partial charge on any atom is 0.161 e. The van der Waals surface area contributed by atoms with Crippen LogP contribution in [0.4, 0.5) is 0 Å². The molecular weight excluding hydrogens is 176 g/mol. The third kappa shape index (κ3) is 1.92. The van der Waals surface area contributed by atoms with E-state index in [2.05, 4.69) is 0 Å². The molecule has 0 saturated carbocycles. The molecular formula is C9H9ClO2. The highest BCUT2D eigenvalue weighted by molar-refractivity contribution is 6.27. The lowest BCUT2D eigenvalue weighted by molar-refractivity contribution is 0.373. The molecule has 0 spiro atoms. The van der Waals surface area contributed by atoms with Crippen molar-refractivity contribution in [3.8, 4) is 11.5 Å². The van der Waals surface area contributed by atoms with Crippen molar-refractivity contribution in [1.82, 2.24) is 0 Å². The van der Waals surface area contributed by atoms with Crippen molar-refractivity contribution in [2.75, 3.05) is 7.11 Å². The van der Waals surface area contributed by atoms with Crippen LogP contribution in [0.2, 0.25) is 0 Å². The van der Waals surface area contributed by atoms with Crippen LogP contribution in [0.5, 0.6) is 11.5 Å². The van der Waals surface area contributed by atoms with Crippen LogP contribution >= 0.6 is 11.6 Å². The van der Waals surface area contributed by atoms with Crippen molar-refractivity contribution in [1.29, 1.82) is 0 Å². The fourth-order valence-electron chi connectivity index (χ4n) is 0.871. The molecule has 1 aromatic rings. The van der Waals surface area contributed by atoms with E-state index in [9.17, 15) is 5.11 Å². The van der Waals surface area contributed by atoms with Gasteiger partial charge in [0.25, 0.3) is 0 Å². The molecule has 1 N–H and O–H groups in total. The van der Waals surface area contributed by atoms with Crippen molar-refractivity contribution < 1.29 is 9.84 Å². The fraction of sp³-hybridized carbons (Fsp3) is 0.111. The minimum atomic E-state index is 0.129. The van der Waals surface area contributed by atoms with Gasteiger partial charge in [0.1, 0.15) is 0 Å². The number of aromatic hydroxyl groups is 1. The summed E-state index contributed by atoms with van der Waals surface area (Å²) in [5.74, 6) is 0.575. The molecule has 0 aliphatic heterocycles. The van der Waals surface area contributed by atoms with Gasteiger partial charge >= 0.3 is 0 Å². The van der Waals surface area contributed by atoms with E-state index in [4.69, 9.17) is 16.3 Å². The van der Waals surface area contributed by atoms with Gasteiger partial charge in [0.15, 0.2) is 11.5 Å². The number of rotatable bonds is 2. The normalized spacial score (nSPS) is 10.5. The molecule has 0 atom stereocenters. The molecule has 0 amide bonds. The zero-order valence-corrected chi connectivity index (χ0v) is 7.38. The summed E-state index contributed by atoms with van der Waals surface area (Å²) in [5.41, 5.74) is 2.30. The van der Waals surface area contributed by atoms with Crippen LogP contribution in [-0.2, 0) is 0 Å². The molecule has 0 aliphatic carbocycles. The van der Waals surface area contributed by atoms with Crippen molar-refractivity contribution in [2.24, 2.45) is 0 Å². The van der Waals surface area contributed by atoms with Gasteiger partial charge in [0, 0.05) is 5.54 Å². The van der Waals surface area contributed by atoms with E-state index in [0.29, 0.717) is 5.75 Å². The molecule has 2 nitrogen and oxygen atoms in total. The van der Waals surface area contributed by atoms with Gasteiger partial charge in [-0.05, 0) is 23.8 Å². The highest BCUT2D eigenvalue weighted by Crippen LogP contribution is 2.26. The summed E-state index contributed by atoms with van der Waals surface area (Å²) in [5, 5.41) is 9.22. The van der Waals surface area contributed by atoms with Crippen LogP contribution in [0.1, 0.15) is 5.56 Å². The summed E-state index contributed by atoms with van der Waals surface area (Å²) in [7, 11) is 1.50. The Labute approximate surface area is 76.0 Å². The van der Waals surface area contributed by atoms with Crippen LogP contribution < -0.4 is 4.74 Å². The third-order valence-electron chi connectivity index (χ3n) is 1.46. The summed E-state index contributed by atoms with van der Waals surface area (Å²) in [6.07, 6.45) is 1.71. The molecule has 0 fully saturated rings. The molecule has 0 unspecified atom stereocenters. The third-order valence-corrected chi connectivity index (χ3v) is 1.59. The van der Waals surface area contributed by atoms with Crippen LogP contribution in [0, 0.1) is 0 Å². The fourth-order valence-corrected chi connectivity index (χ4v) is 1.02. The molecule has 0 aromatic heterocycles. The predicted octanol–water partition coefficient (Wildman–Crippen LogP) is 2.61. The Kier molecular flexibility index (Phi) is 3.00. The molecule has 3 heteroatoms. The van der Waals surface area contributed by atoms with E-state index in [1.165, 1.54) is 12.6 Å². The van der Waals surface area contributed by atoms with Gasteiger partial charge in [-0.2, -0.15) is 0 Å². The Morgan fingerprint density at radius 2 is 2.25 bits per heavy atom. The standard InChI is InChI=1S/C9H9ClO2/c1-12-9-6-7(4-5-10)2-3-8(9)11/h2-6,11H,1H3. The lowest BCUT2D eigenvalue weighted by Crippen LogP contribution is -1.83. The summed E-state index contributed by atoms with van der Waals surface area (Å²) in [4.78, 5) is 0. The van der Waals surface area contributed by atoms with Crippen molar-refractivity contribution >= 4 is 17.7 Å². The van der Waals surface area contributed by atoms with Crippen molar-refractivity contribution in [3.05, 3.63) is 29.3 Å². The first-order valence-electron chi connectivity index (χ1n) is 3.41. The number of benzene rings is 1. The molecule has 64 valence electrons. The van der Waals surface area contributed by atoms with Gasteiger partial charge in [-0.15, -0.1) is 0 Å².